The lowest BCUT2D eigenvalue weighted by Gasteiger charge is -2.09. The zero-order chi connectivity index (χ0) is 9.14. The van der Waals surface area contributed by atoms with Crippen LogP contribution in [-0.2, 0) is 0 Å². The third-order valence-corrected chi connectivity index (χ3v) is 1.87. The van der Waals surface area contributed by atoms with Gasteiger partial charge in [0.15, 0.2) is 0 Å². The van der Waals surface area contributed by atoms with E-state index < -0.39 is 11.9 Å². The highest BCUT2D eigenvalue weighted by Gasteiger charge is 2.11. The Kier molecular flexibility index (Phi) is 4.91. The maximum atomic E-state index is 13.1. The summed E-state index contributed by atoms with van der Waals surface area (Å²) in [7, 11) is 0. The molecule has 0 aliphatic carbocycles. The summed E-state index contributed by atoms with van der Waals surface area (Å²) >= 11 is 5.50. The van der Waals surface area contributed by atoms with Gasteiger partial charge in [-0.05, 0) is 6.07 Å². The molecule has 3 N–H and O–H groups in total. The molecule has 1 atom stereocenters. The Morgan fingerprint density at radius 1 is 1.54 bits per heavy atom. The fraction of sp³-hybridized carbons (Fsp3) is 0.333. The van der Waals surface area contributed by atoms with Crippen LogP contribution >= 0.6 is 11.6 Å². The highest BCUT2D eigenvalue weighted by atomic mass is 35.5. The van der Waals surface area contributed by atoms with Crippen LogP contribution < -0.4 is 5.73 Å². The van der Waals surface area contributed by atoms with Crippen molar-refractivity contribution in [2.75, 3.05) is 6.61 Å². The van der Waals surface area contributed by atoms with Gasteiger partial charge >= 0.3 is 0 Å². The number of aliphatic hydroxyl groups is 1. The molecule has 0 aliphatic rings. The number of nitrogens with two attached hydrogens (primary N) is 1. The largest absolute Gasteiger partial charge is 0.394 e. The lowest BCUT2D eigenvalue weighted by Crippen LogP contribution is -2.16. The summed E-state index contributed by atoms with van der Waals surface area (Å²) in [6.45, 7) is -0.294. The van der Waals surface area contributed by atoms with Gasteiger partial charge in [0.1, 0.15) is 5.82 Å². The Hall–Kier alpha value is -0.640. The lowest BCUT2D eigenvalue weighted by molar-refractivity contribution is 0.265. The molecule has 13 heavy (non-hydrogen) atoms. The lowest BCUT2D eigenvalue weighted by atomic mass is 10.1. The molecular formula is C9H13ClFNO. The van der Waals surface area contributed by atoms with E-state index in [0.29, 0.717) is 0 Å². The Bertz CT molecular complexity index is 280. The maximum absolute atomic E-state index is 13.1. The first-order chi connectivity index (χ1) is 5.66. The standard InChI is InChI=1S/C8H9ClFNO.CH4/c9-6-3-1-2-5(8(6)10)7(11)4-12;/h1-3,7,12H,4,11H2;1H4. The van der Waals surface area contributed by atoms with Crippen molar-refractivity contribution in [3.63, 3.8) is 0 Å². The Morgan fingerprint density at radius 2 is 2.15 bits per heavy atom. The number of hydrogen-bond donors (Lipinski definition) is 2. The van der Waals surface area contributed by atoms with Crippen molar-refractivity contribution in [1.82, 2.24) is 0 Å². The molecule has 0 saturated heterocycles. The molecular weight excluding hydrogens is 193 g/mol. The van der Waals surface area contributed by atoms with E-state index in [0.717, 1.165) is 0 Å². The molecule has 1 unspecified atom stereocenters. The molecule has 1 aromatic rings. The molecule has 0 saturated carbocycles. The minimum Gasteiger partial charge on any atom is -0.394 e. The Morgan fingerprint density at radius 3 is 2.69 bits per heavy atom. The summed E-state index contributed by atoms with van der Waals surface area (Å²) in [6.07, 6.45) is 0. The van der Waals surface area contributed by atoms with E-state index in [1.165, 1.54) is 12.1 Å². The van der Waals surface area contributed by atoms with Crippen molar-refractivity contribution in [1.29, 1.82) is 0 Å². The normalized spacial score (nSPS) is 12.0. The summed E-state index contributed by atoms with van der Waals surface area (Å²) in [5.41, 5.74) is 5.66. The fourth-order valence-electron chi connectivity index (χ4n) is 0.905. The van der Waals surface area contributed by atoms with E-state index in [4.69, 9.17) is 22.4 Å². The topological polar surface area (TPSA) is 46.2 Å². The predicted molar refractivity (Wildman–Crippen MR) is 52.2 cm³/mol. The zero-order valence-electron chi connectivity index (χ0n) is 6.30. The summed E-state index contributed by atoms with van der Waals surface area (Å²) in [5, 5.41) is 8.69. The van der Waals surface area contributed by atoms with E-state index in [9.17, 15) is 4.39 Å². The first kappa shape index (κ1) is 12.4. The van der Waals surface area contributed by atoms with Crippen molar-refractivity contribution < 1.29 is 9.50 Å². The molecule has 0 aliphatic heterocycles. The quantitative estimate of drug-likeness (QED) is 0.777. The monoisotopic (exact) mass is 205 g/mol. The first-order valence-corrected chi connectivity index (χ1v) is 3.85. The molecule has 0 radical (unpaired) electrons. The van der Waals surface area contributed by atoms with E-state index in [-0.39, 0.29) is 24.6 Å². The van der Waals surface area contributed by atoms with Crippen molar-refractivity contribution in [2.24, 2.45) is 5.73 Å². The summed E-state index contributed by atoms with van der Waals surface area (Å²) in [6, 6.07) is 3.83. The predicted octanol–water partition coefficient (Wildman–Crippen LogP) is 2.11. The van der Waals surface area contributed by atoms with Gasteiger partial charge in [-0.15, -0.1) is 0 Å². The SMILES string of the molecule is C.NC(CO)c1cccc(Cl)c1F. The van der Waals surface area contributed by atoms with E-state index in [1.807, 2.05) is 0 Å². The molecule has 0 fully saturated rings. The van der Waals surface area contributed by atoms with Crippen molar-refractivity contribution >= 4 is 11.6 Å². The number of rotatable bonds is 2. The van der Waals surface area contributed by atoms with E-state index in [2.05, 4.69) is 0 Å². The van der Waals surface area contributed by atoms with Gasteiger partial charge in [0.05, 0.1) is 17.7 Å². The van der Waals surface area contributed by atoms with Crippen LogP contribution in [-0.4, -0.2) is 11.7 Å². The van der Waals surface area contributed by atoms with Crippen LogP contribution in [0.3, 0.4) is 0 Å². The fourth-order valence-corrected chi connectivity index (χ4v) is 1.09. The Labute approximate surface area is 82.1 Å². The van der Waals surface area contributed by atoms with Crippen LogP contribution in [0.5, 0.6) is 0 Å². The second-order valence-corrected chi connectivity index (χ2v) is 2.84. The minimum absolute atomic E-state index is 0. The smallest absolute Gasteiger partial charge is 0.146 e. The summed E-state index contributed by atoms with van der Waals surface area (Å²) in [4.78, 5) is 0. The van der Waals surface area contributed by atoms with Gasteiger partial charge in [0.25, 0.3) is 0 Å². The van der Waals surface area contributed by atoms with Gasteiger partial charge in [0.2, 0.25) is 0 Å². The highest BCUT2D eigenvalue weighted by Crippen LogP contribution is 2.21. The number of hydrogen-bond acceptors (Lipinski definition) is 2. The van der Waals surface area contributed by atoms with Crippen LogP contribution in [0.15, 0.2) is 18.2 Å². The van der Waals surface area contributed by atoms with Crippen LogP contribution in [0.1, 0.15) is 19.0 Å². The third-order valence-electron chi connectivity index (χ3n) is 1.58. The molecule has 74 valence electrons. The average molecular weight is 206 g/mol. The number of halogens is 2. The van der Waals surface area contributed by atoms with Crippen LogP contribution in [0.4, 0.5) is 4.39 Å². The van der Waals surface area contributed by atoms with Gasteiger partial charge in [-0.3, -0.25) is 0 Å². The minimum atomic E-state index is -0.705. The van der Waals surface area contributed by atoms with Gasteiger partial charge < -0.3 is 10.8 Å². The van der Waals surface area contributed by atoms with Crippen molar-refractivity contribution in [2.45, 2.75) is 13.5 Å². The van der Waals surface area contributed by atoms with Crippen LogP contribution in [0, 0.1) is 5.82 Å². The number of aliphatic hydroxyl groups excluding tert-OH is 1. The maximum Gasteiger partial charge on any atom is 0.146 e. The zero-order valence-corrected chi connectivity index (χ0v) is 7.05. The van der Waals surface area contributed by atoms with Crippen molar-refractivity contribution in [3.05, 3.63) is 34.6 Å². The average Bonchev–Trinajstić information content (AvgIpc) is 2.08. The summed E-state index contributed by atoms with van der Waals surface area (Å²) in [5.74, 6) is -0.555. The van der Waals surface area contributed by atoms with Gasteiger partial charge in [-0.1, -0.05) is 31.2 Å². The van der Waals surface area contributed by atoms with Crippen LogP contribution in [0.2, 0.25) is 5.02 Å². The molecule has 0 amide bonds. The Balaban J connectivity index is 0.00000144. The second kappa shape index (κ2) is 5.17. The third kappa shape index (κ3) is 2.66. The molecule has 2 nitrogen and oxygen atoms in total. The molecule has 1 rings (SSSR count). The first-order valence-electron chi connectivity index (χ1n) is 3.47. The second-order valence-electron chi connectivity index (χ2n) is 2.43. The van der Waals surface area contributed by atoms with E-state index >= 15 is 0 Å². The molecule has 0 spiro atoms. The van der Waals surface area contributed by atoms with Crippen LogP contribution in [0.25, 0.3) is 0 Å². The molecule has 1 aromatic carbocycles. The molecule has 0 bridgehead atoms. The molecule has 0 aromatic heterocycles. The van der Waals surface area contributed by atoms with Gasteiger partial charge in [-0.2, -0.15) is 0 Å². The van der Waals surface area contributed by atoms with Crippen molar-refractivity contribution in [3.8, 4) is 0 Å². The highest BCUT2D eigenvalue weighted by molar-refractivity contribution is 6.30. The summed E-state index contributed by atoms with van der Waals surface area (Å²) < 4.78 is 13.1. The van der Waals surface area contributed by atoms with Gasteiger partial charge in [0, 0.05) is 5.56 Å². The number of benzene rings is 1. The van der Waals surface area contributed by atoms with E-state index in [1.54, 1.807) is 6.07 Å². The molecule has 4 heteroatoms. The molecule has 0 heterocycles. The van der Waals surface area contributed by atoms with Gasteiger partial charge in [-0.25, -0.2) is 4.39 Å².